The molecule has 2 rings (SSSR count). The molecule has 22 heavy (non-hydrogen) atoms. The van der Waals surface area contributed by atoms with Crippen LogP contribution in [0.5, 0.6) is 5.75 Å². The minimum atomic E-state index is -0.580. The van der Waals surface area contributed by atoms with Crippen LogP contribution in [0.1, 0.15) is 10.4 Å². The number of carbonyl (C=O) groups excluding carboxylic acids is 1. The smallest absolute Gasteiger partial charge is 0.341 e. The third-order valence-corrected chi connectivity index (χ3v) is 3.90. The van der Waals surface area contributed by atoms with Gasteiger partial charge in [0.05, 0.1) is 30.4 Å². The maximum atomic E-state index is 11.7. The molecule has 5 nitrogen and oxygen atoms in total. The third-order valence-electron chi connectivity index (χ3n) is 3.21. The van der Waals surface area contributed by atoms with Crippen LogP contribution in [-0.4, -0.2) is 57.4 Å². The molecule has 0 radical (unpaired) electrons. The topological polar surface area (TPSA) is 48.0 Å². The van der Waals surface area contributed by atoms with Gasteiger partial charge in [0.1, 0.15) is 17.9 Å². The first-order valence-corrected chi connectivity index (χ1v) is 7.38. The number of hydrogen-bond acceptors (Lipinski definition) is 5. The minimum absolute atomic E-state index is 0. The molecule has 1 aromatic rings. The van der Waals surface area contributed by atoms with E-state index >= 15 is 0 Å². The van der Waals surface area contributed by atoms with Gasteiger partial charge in [-0.25, -0.2) is 4.79 Å². The Labute approximate surface area is 145 Å². The highest BCUT2D eigenvalue weighted by molar-refractivity contribution is 6.40. The molecule has 0 aromatic heterocycles. The van der Waals surface area contributed by atoms with Gasteiger partial charge >= 0.3 is 5.97 Å². The summed E-state index contributed by atoms with van der Waals surface area (Å²) in [6.07, 6.45) is 0. The van der Waals surface area contributed by atoms with E-state index < -0.39 is 5.97 Å². The lowest BCUT2D eigenvalue weighted by atomic mass is 10.2. The second-order valence-corrected chi connectivity index (χ2v) is 5.31. The highest BCUT2D eigenvalue weighted by Gasteiger charge is 2.19. The lowest BCUT2D eigenvalue weighted by molar-refractivity contribution is 0.0322. The van der Waals surface area contributed by atoms with Gasteiger partial charge in [0.15, 0.2) is 0 Å². The van der Waals surface area contributed by atoms with E-state index in [9.17, 15) is 4.79 Å². The van der Waals surface area contributed by atoms with Gasteiger partial charge in [-0.3, -0.25) is 4.90 Å². The highest BCUT2D eigenvalue weighted by atomic mass is 35.5. The predicted molar refractivity (Wildman–Crippen MR) is 87.8 cm³/mol. The summed E-state index contributed by atoms with van der Waals surface area (Å²) >= 11 is 12.1. The number of nitrogens with zero attached hydrogens (tertiary/aromatic N) is 1. The van der Waals surface area contributed by atoms with E-state index in [1.165, 1.54) is 7.11 Å². The van der Waals surface area contributed by atoms with Crippen LogP contribution in [0.15, 0.2) is 12.1 Å². The van der Waals surface area contributed by atoms with E-state index in [4.69, 9.17) is 32.7 Å². The Morgan fingerprint density at radius 3 is 2.64 bits per heavy atom. The molecule has 0 atom stereocenters. The number of esters is 1. The lowest BCUT2D eigenvalue weighted by Crippen LogP contribution is -2.38. The van der Waals surface area contributed by atoms with Crippen molar-refractivity contribution in [1.29, 1.82) is 0 Å². The maximum Gasteiger partial charge on any atom is 0.341 e. The van der Waals surface area contributed by atoms with Crippen LogP contribution < -0.4 is 4.74 Å². The molecule has 0 N–H and O–H groups in total. The zero-order chi connectivity index (χ0) is 15.2. The number of morpholine rings is 1. The normalized spacial score (nSPS) is 15.0. The van der Waals surface area contributed by atoms with Gasteiger partial charge in [-0.05, 0) is 12.1 Å². The van der Waals surface area contributed by atoms with E-state index in [1.54, 1.807) is 12.1 Å². The van der Waals surface area contributed by atoms with E-state index in [0.717, 1.165) is 32.8 Å². The highest BCUT2D eigenvalue weighted by Crippen LogP contribution is 2.33. The van der Waals surface area contributed by atoms with Crippen LogP contribution in [-0.2, 0) is 9.47 Å². The predicted octanol–water partition coefficient (Wildman–Crippen LogP) is 2.91. The van der Waals surface area contributed by atoms with Crippen molar-refractivity contribution in [2.75, 3.05) is 46.6 Å². The number of hydrogen-bond donors (Lipinski definition) is 0. The molecule has 124 valence electrons. The monoisotopic (exact) mass is 369 g/mol. The second-order valence-electron chi connectivity index (χ2n) is 4.53. The van der Waals surface area contributed by atoms with Gasteiger partial charge in [-0.1, -0.05) is 23.2 Å². The number of halogens is 3. The van der Waals surface area contributed by atoms with Gasteiger partial charge in [-0.15, -0.1) is 12.4 Å². The summed E-state index contributed by atoms with van der Waals surface area (Å²) in [6, 6.07) is 3.22. The van der Waals surface area contributed by atoms with Gasteiger partial charge in [-0.2, -0.15) is 0 Å². The zero-order valence-corrected chi connectivity index (χ0v) is 14.5. The van der Waals surface area contributed by atoms with Crippen molar-refractivity contribution in [2.45, 2.75) is 0 Å². The molecule has 1 heterocycles. The maximum absolute atomic E-state index is 11.7. The number of ether oxygens (including phenoxy) is 3. The quantitative estimate of drug-likeness (QED) is 0.746. The van der Waals surface area contributed by atoms with E-state index in [0.29, 0.717) is 12.4 Å². The first-order chi connectivity index (χ1) is 10.1. The molecule has 0 unspecified atom stereocenters. The molecule has 0 saturated carbocycles. The first kappa shape index (κ1) is 19.3. The lowest BCUT2D eigenvalue weighted by Gasteiger charge is -2.26. The summed E-state index contributed by atoms with van der Waals surface area (Å²) in [5.41, 5.74) is 0.129. The fourth-order valence-corrected chi connectivity index (χ4v) is 2.62. The molecule has 1 saturated heterocycles. The minimum Gasteiger partial charge on any atom is -0.491 e. The van der Waals surface area contributed by atoms with E-state index in [1.807, 2.05) is 0 Å². The van der Waals surface area contributed by atoms with Crippen molar-refractivity contribution >= 4 is 41.6 Å². The van der Waals surface area contributed by atoms with Crippen molar-refractivity contribution in [2.24, 2.45) is 0 Å². The molecule has 1 aliphatic heterocycles. The Bertz CT molecular complexity index is 507. The molecule has 1 fully saturated rings. The van der Waals surface area contributed by atoms with Crippen molar-refractivity contribution in [1.82, 2.24) is 4.90 Å². The Morgan fingerprint density at radius 1 is 1.32 bits per heavy atom. The van der Waals surface area contributed by atoms with Crippen LogP contribution in [0.3, 0.4) is 0 Å². The summed E-state index contributed by atoms with van der Waals surface area (Å²) < 4.78 is 15.6. The Kier molecular flexibility index (Phi) is 8.28. The fourth-order valence-electron chi connectivity index (χ4n) is 2.04. The van der Waals surface area contributed by atoms with Crippen molar-refractivity contribution in [3.63, 3.8) is 0 Å². The molecule has 0 spiro atoms. The number of methoxy groups -OCH3 is 1. The summed E-state index contributed by atoms with van der Waals surface area (Å²) in [6.45, 7) is 4.52. The van der Waals surface area contributed by atoms with E-state index in [2.05, 4.69) is 9.64 Å². The standard InChI is InChI=1S/C14H17Cl2NO4.ClH/c1-19-14(18)12-10(15)2-3-11(13(12)16)21-9-6-17-4-7-20-8-5-17;/h2-3H,4-9H2,1H3;1H. The molecule has 0 amide bonds. The molecule has 0 aliphatic carbocycles. The average Bonchev–Trinajstić information content (AvgIpc) is 2.50. The number of rotatable bonds is 5. The Balaban J connectivity index is 0.00000242. The summed E-state index contributed by atoms with van der Waals surface area (Å²) in [5.74, 6) is -0.154. The van der Waals surface area contributed by atoms with Crippen molar-refractivity contribution in [3.8, 4) is 5.75 Å². The number of benzene rings is 1. The van der Waals surface area contributed by atoms with Crippen LogP contribution in [0.4, 0.5) is 0 Å². The molecular formula is C14H18Cl3NO4. The summed E-state index contributed by atoms with van der Waals surface area (Å²) in [5, 5.41) is 0.420. The van der Waals surface area contributed by atoms with Crippen molar-refractivity contribution < 1.29 is 19.0 Å². The average molecular weight is 371 g/mol. The van der Waals surface area contributed by atoms with Gasteiger partial charge in [0.25, 0.3) is 0 Å². The largest absolute Gasteiger partial charge is 0.491 e. The van der Waals surface area contributed by atoms with Gasteiger partial charge in [0, 0.05) is 19.6 Å². The fraction of sp³-hybridized carbons (Fsp3) is 0.500. The Hall–Kier alpha value is -0.720. The zero-order valence-electron chi connectivity index (χ0n) is 12.1. The second kappa shape index (κ2) is 9.43. The SMILES string of the molecule is COC(=O)c1c(Cl)ccc(OCCN2CCOCC2)c1Cl.Cl. The molecule has 1 aliphatic rings. The van der Waals surface area contributed by atoms with Crippen LogP contribution in [0.25, 0.3) is 0 Å². The van der Waals surface area contributed by atoms with Gasteiger partial charge < -0.3 is 14.2 Å². The van der Waals surface area contributed by atoms with E-state index in [-0.39, 0.29) is 28.0 Å². The number of carbonyl (C=O) groups is 1. The van der Waals surface area contributed by atoms with Crippen LogP contribution in [0, 0.1) is 0 Å². The van der Waals surface area contributed by atoms with Crippen LogP contribution in [0.2, 0.25) is 10.0 Å². The first-order valence-electron chi connectivity index (χ1n) is 6.62. The molecular weight excluding hydrogens is 353 g/mol. The summed E-state index contributed by atoms with van der Waals surface area (Å²) in [4.78, 5) is 13.9. The summed E-state index contributed by atoms with van der Waals surface area (Å²) in [7, 11) is 1.28. The van der Waals surface area contributed by atoms with Crippen LogP contribution >= 0.6 is 35.6 Å². The van der Waals surface area contributed by atoms with Crippen molar-refractivity contribution in [3.05, 3.63) is 27.7 Å². The third kappa shape index (κ3) is 4.89. The molecule has 8 heteroatoms. The molecule has 0 bridgehead atoms. The molecule has 1 aromatic carbocycles. The van der Waals surface area contributed by atoms with Gasteiger partial charge in [0.2, 0.25) is 0 Å². The Morgan fingerprint density at radius 2 is 2.00 bits per heavy atom.